The number of carbonyl (C=O) groups excluding carboxylic acids is 1. The molecule has 5 heteroatoms. The summed E-state index contributed by atoms with van der Waals surface area (Å²) < 4.78 is 5.45. The molecule has 1 N–H and O–H groups in total. The highest BCUT2D eigenvalue weighted by Gasteiger charge is 2.11. The number of para-hydroxylation sites is 1. The van der Waals surface area contributed by atoms with E-state index in [1.165, 1.54) is 0 Å². The lowest BCUT2D eigenvalue weighted by Gasteiger charge is -2.09. The molecular formula is C15H18N2O2S. The topological polar surface area (TPSA) is 51.2 Å². The molecule has 0 saturated heterocycles. The summed E-state index contributed by atoms with van der Waals surface area (Å²) in [6, 6.07) is 7.27. The summed E-state index contributed by atoms with van der Waals surface area (Å²) in [7, 11) is 0. The fraction of sp³-hybridized carbons (Fsp3) is 0.333. The molecule has 0 unspecified atom stereocenters. The molecule has 1 aromatic heterocycles. The Balaban J connectivity index is 1.91. The van der Waals surface area contributed by atoms with Crippen molar-refractivity contribution in [2.45, 2.75) is 20.3 Å². The third-order valence-corrected chi connectivity index (χ3v) is 3.59. The van der Waals surface area contributed by atoms with Crippen molar-refractivity contribution in [3.05, 3.63) is 45.9 Å². The van der Waals surface area contributed by atoms with Crippen LogP contribution in [0.1, 0.15) is 28.0 Å². The van der Waals surface area contributed by atoms with Crippen molar-refractivity contribution in [3.8, 4) is 5.75 Å². The summed E-state index contributed by atoms with van der Waals surface area (Å²) in [6.07, 6.45) is 0.743. The van der Waals surface area contributed by atoms with E-state index in [2.05, 4.69) is 10.3 Å². The number of aryl methyl sites for hydroxylation is 1. The highest BCUT2D eigenvalue weighted by atomic mass is 32.1. The van der Waals surface area contributed by atoms with Crippen LogP contribution in [-0.4, -0.2) is 24.0 Å². The highest BCUT2D eigenvalue weighted by molar-refractivity contribution is 7.09. The molecule has 20 heavy (non-hydrogen) atoms. The molecule has 1 amide bonds. The van der Waals surface area contributed by atoms with Gasteiger partial charge in [0.05, 0.1) is 22.9 Å². The first-order valence-corrected chi connectivity index (χ1v) is 7.49. The molecule has 1 heterocycles. The summed E-state index contributed by atoms with van der Waals surface area (Å²) in [4.78, 5) is 16.5. The fourth-order valence-electron chi connectivity index (χ4n) is 1.86. The van der Waals surface area contributed by atoms with Crippen LogP contribution in [0.5, 0.6) is 5.75 Å². The maximum absolute atomic E-state index is 12.1. The van der Waals surface area contributed by atoms with Gasteiger partial charge in [0.25, 0.3) is 5.91 Å². The highest BCUT2D eigenvalue weighted by Crippen LogP contribution is 2.17. The third-order valence-electron chi connectivity index (χ3n) is 2.76. The molecule has 0 radical (unpaired) electrons. The monoisotopic (exact) mass is 290 g/mol. The zero-order valence-electron chi connectivity index (χ0n) is 11.7. The minimum atomic E-state index is -0.110. The van der Waals surface area contributed by atoms with Crippen LogP contribution in [0.25, 0.3) is 0 Å². The molecule has 2 rings (SSSR count). The largest absolute Gasteiger partial charge is 0.493 e. The number of nitrogens with zero attached hydrogens (tertiary/aromatic N) is 1. The number of rotatable bonds is 6. The Morgan fingerprint density at radius 3 is 2.90 bits per heavy atom. The van der Waals surface area contributed by atoms with Crippen LogP contribution >= 0.6 is 11.3 Å². The molecule has 0 spiro atoms. The number of nitrogens with one attached hydrogen (secondary N) is 1. The van der Waals surface area contributed by atoms with E-state index in [1.54, 1.807) is 17.4 Å². The molecule has 0 aliphatic heterocycles. The first kappa shape index (κ1) is 14.5. The van der Waals surface area contributed by atoms with Crippen molar-refractivity contribution >= 4 is 17.2 Å². The molecule has 0 aliphatic rings. The molecule has 0 bridgehead atoms. The molecule has 1 aromatic carbocycles. The van der Waals surface area contributed by atoms with E-state index >= 15 is 0 Å². The van der Waals surface area contributed by atoms with Gasteiger partial charge in [0.2, 0.25) is 0 Å². The maximum Gasteiger partial charge on any atom is 0.255 e. The van der Waals surface area contributed by atoms with Gasteiger partial charge in [-0.1, -0.05) is 12.1 Å². The van der Waals surface area contributed by atoms with Crippen LogP contribution in [0, 0.1) is 6.92 Å². The number of ether oxygens (including phenoxy) is 1. The van der Waals surface area contributed by atoms with Gasteiger partial charge in [-0.2, -0.15) is 0 Å². The van der Waals surface area contributed by atoms with E-state index in [-0.39, 0.29) is 5.91 Å². The molecule has 0 saturated carbocycles. The van der Waals surface area contributed by atoms with Crippen LogP contribution < -0.4 is 10.1 Å². The Labute approximate surface area is 122 Å². The van der Waals surface area contributed by atoms with E-state index in [0.29, 0.717) is 24.5 Å². The van der Waals surface area contributed by atoms with Gasteiger partial charge in [-0.15, -0.1) is 11.3 Å². The number of aromatic nitrogens is 1. The van der Waals surface area contributed by atoms with Gasteiger partial charge in [0.15, 0.2) is 0 Å². The van der Waals surface area contributed by atoms with Crippen LogP contribution in [0.4, 0.5) is 0 Å². The van der Waals surface area contributed by atoms with Crippen LogP contribution in [0.2, 0.25) is 0 Å². The lowest BCUT2D eigenvalue weighted by molar-refractivity contribution is 0.0950. The van der Waals surface area contributed by atoms with Crippen LogP contribution in [-0.2, 0) is 6.42 Å². The lowest BCUT2D eigenvalue weighted by Crippen LogP contribution is -2.26. The normalized spacial score (nSPS) is 10.3. The molecular weight excluding hydrogens is 272 g/mol. The van der Waals surface area contributed by atoms with Gasteiger partial charge in [-0.3, -0.25) is 4.79 Å². The van der Waals surface area contributed by atoms with Crippen molar-refractivity contribution in [2.24, 2.45) is 0 Å². The molecule has 4 nitrogen and oxygen atoms in total. The van der Waals surface area contributed by atoms with E-state index in [4.69, 9.17) is 4.74 Å². The Kier molecular flexibility index (Phi) is 5.12. The fourth-order valence-corrected chi connectivity index (χ4v) is 2.51. The molecule has 106 valence electrons. The van der Waals surface area contributed by atoms with E-state index in [1.807, 2.05) is 37.4 Å². The van der Waals surface area contributed by atoms with Gasteiger partial charge in [-0.25, -0.2) is 4.98 Å². The van der Waals surface area contributed by atoms with Crippen molar-refractivity contribution < 1.29 is 9.53 Å². The SMILES string of the molecule is CCOc1ccccc1C(=O)NCCc1csc(C)n1. The predicted octanol–water partition coefficient (Wildman–Crippen LogP) is 2.82. The zero-order chi connectivity index (χ0) is 14.4. The summed E-state index contributed by atoms with van der Waals surface area (Å²) in [5, 5.41) is 5.97. The smallest absolute Gasteiger partial charge is 0.255 e. The first-order chi connectivity index (χ1) is 9.70. The van der Waals surface area contributed by atoms with E-state index < -0.39 is 0 Å². The average Bonchev–Trinajstić information content (AvgIpc) is 2.85. The summed E-state index contributed by atoms with van der Waals surface area (Å²) >= 11 is 1.62. The average molecular weight is 290 g/mol. The number of thiazole rings is 1. The second-order valence-corrected chi connectivity index (χ2v) is 5.36. The number of benzene rings is 1. The minimum Gasteiger partial charge on any atom is -0.493 e. The maximum atomic E-state index is 12.1. The number of hydrogen-bond acceptors (Lipinski definition) is 4. The Morgan fingerprint density at radius 2 is 2.20 bits per heavy atom. The van der Waals surface area contributed by atoms with Gasteiger partial charge >= 0.3 is 0 Å². The van der Waals surface area contributed by atoms with Crippen molar-refractivity contribution in [3.63, 3.8) is 0 Å². The Bertz CT molecular complexity index is 581. The standard InChI is InChI=1S/C15H18N2O2S/c1-3-19-14-7-5-4-6-13(14)15(18)16-9-8-12-10-20-11(2)17-12/h4-7,10H,3,8-9H2,1-2H3,(H,16,18). The number of amides is 1. The summed E-state index contributed by atoms with van der Waals surface area (Å²) in [6.45, 7) is 5.00. The number of carbonyl (C=O) groups is 1. The van der Waals surface area contributed by atoms with Crippen LogP contribution in [0.15, 0.2) is 29.6 Å². The molecule has 0 fully saturated rings. The molecule has 0 aliphatic carbocycles. The van der Waals surface area contributed by atoms with E-state index in [0.717, 1.165) is 17.1 Å². The zero-order valence-corrected chi connectivity index (χ0v) is 12.5. The van der Waals surface area contributed by atoms with Gasteiger partial charge in [-0.05, 0) is 26.0 Å². The first-order valence-electron chi connectivity index (χ1n) is 6.61. The second-order valence-electron chi connectivity index (χ2n) is 4.29. The second kappa shape index (κ2) is 7.05. The number of hydrogen-bond donors (Lipinski definition) is 1. The predicted molar refractivity (Wildman–Crippen MR) is 80.5 cm³/mol. The van der Waals surface area contributed by atoms with Gasteiger partial charge < -0.3 is 10.1 Å². The van der Waals surface area contributed by atoms with Gasteiger partial charge in [0, 0.05) is 18.3 Å². The van der Waals surface area contributed by atoms with Crippen LogP contribution in [0.3, 0.4) is 0 Å². The van der Waals surface area contributed by atoms with Gasteiger partial charge in [0.1, 0.15) is 5.75 Å². The summed E-state index contributed by atoms with van der Waals surface area (Å²) in [5.74, 6) is 0.512. The Hall–Kier alpha value is -1.88. The van der Waals surface area contributed by atoms with Crippen molar-refractivity contribution in [2.75, 3.05) is 13.2 Å². The van der Waals surface area contributed by atoms with Crippen molar-refractivity contribution in [1.29, 1.82) is 0 Å². The third kappa shape index (κ3) is 3.81. The summed E-state index contributed by atoms with van der Waals surface area (Å²) in [5.41, 5.74) is 1.59. The Morgan fingerprint density at radius 1 is 1.40 bits per heavy atom. The lowest BCUT2D eigenvalue weighted by atomic mass is 10.2. The quantitative estimate of drug-likeness (QED) is 0.890. The van der Waals surface area contributed by atoms with Crippen molar-refractivity contribution in [1.82, 2.24) is 10.3 Å². The molecule has 2 aromatic rings. The molecule has 0 atom stereocenters. The van der Waals surface area contributed by atoms with E-state index in [9.17, 15) is 4.79 Å². The minimum absolute atomic E-state index is 0.110.